The fourth-order valence-electron chi connectivity index (χ4n) is 2.15. The van der Waals surface area contributed by atoms with Gasteiger partial charge in [-0.2, -0.15) is 12.7 Å². The van der Waals surface area contributed by atoms with Crippen molar-refractivity contribution in [3.05, 3.63) is 0 Å². The molecule has 0 spiro atoms. The highest BCUT2D eigenvalue weighted by Crippen LogP contribution is 2.17. The van der Waals surface area contributed by atoms with E-state index in [0.29, 0.717) is 38.1 Å². The van der Waals surface area contributed by atoms with Crippen LogP contribution >= 0.6 is 0 Å². The van der Waals surface area contributed by atoms with Crippen molar-refractivity contribution in [2.45, 2.75) is 40.0 Å². The van der Waals surface area contributed by atoms with Gasteiger partial charge in [-0.05, 0) is 31.1 Å². The summed E-state index contributed by atoms with van der Waals surface area (Å²) in [6.07, 6.45) is 2.80. The van der Waals surface area contributed by atoms with E-state index in [1.54, 1.807) is 4.31 Å². The second-order valence-electron chi connectivity index (χ2n) is 5.83. The molecule has 1 aliphatic heterocycles. The maximum absolute atomic E-state index is 12.0. The predicted molar refractivity (Wildman–Crippen MR) is 77.2 cm³/mol. The van der Waals surface area contributed by atoms with E-state index in [1.807, 2.05) is 0 Å². The average Bonchev–Trinajstić information content (AvgIpc) is 2.33. The quantitative estimate of drug-likeness (QED) is 0.692. The summed E-state index contributed by atoms with van der Waals surface area (Å²) in [5, 5.41) is 0. The molecule has 0 unspecified atom stereocenters. The number of nitrogens with one attached hydrogen (secondary N) is 1. The van der Waals surface area contributed by atoms with Gasteiger partial charge in [0.05, 0.1) is 0 Å². The summed E-state index contributed by atoms with van der Waals surface area (Å²) >= 11 is 0. The Morgan fingerprint density at radius 2 is 2.16 bits per heavy atom. The van der Waals surface area contributed by atoms with Crippen LogP contribution in [0.25, 0.3) is 0 Å². The number of hydrogen-bond acceptors (Lipinski definition) is 3. The molecule has 1 rings (SSSR count). The van der Waals surface area contributed by atoms with E-state index >= 15 is 0 Å². The molecule has 1 N–H and O–H groups in total. The first-order chi connectivity index (χ1) is 8.92. The van der Waals surface area contributed by atoms with Crippen LogP contribution in [0, 0.1) is 11.8 Å². The summed E-state index contributed by atoms with van der Waals surface area (Å²) in [6, 6.07) is 0. The normalized spacial score (nSPS) is 22.0. The van der Waals surface area contributed by atoms with Gasteiger partial charge in [0.2, 0.25) is 0 Å². The maximum atomic E-state index is 12.0. The molecule has 0 aliphatic carbocycles. The van der Waals surface area contributed by atoms with Gasteiger partial charge < -0.3 is 4.74 Å². The summed E-state index contributed by atoms with van der Waals surface area (Å²) in [4.78, 5) is 0. The minimum Gasteiger partial charge on any atom is -0.381 e. The highest BCUT2D eigenvalue weighted by atomic mass is 32.2. The molecule has 0 aromatic carbocycles. The Morgan fingerprint density at radius 3 is 2.79 bits per heavy atom. The standard InChI is InChI=1S/C13H28N2O3S/c1-12(2)11-18-9-5-7-14-19(16,17)15-8-4-6-13(3)10-15/h12-14H,4-11H2,1-3H3/t13-/m1/s1. The average molecular weight is 292 g/mol. The zero-order valence-electron chi connectivity index (χ0n) is 12.4. The molecule has 1 fully saturated rings. The van der Waals surface area contributed by atoms with Crippen LogP contribution in [-0.4, -0.2) is 45.6 Å². The van der Waals surface area contributed by atoms with E-state index < -0.39 is 10.2 Å². The number of piperidine rings is 1. The van der Waals surface area contributed by atoms with Crippen LogP contribution in [-0.2, 0) is 14.9 Å². The molecule has 0 bridgehead atoms. The summed E-state index contributed by atoms with van der Waals surface area (Å²) in [5.41, 5.74) is 0. The van der Waals surface area contributed by atoms with Gasteiger partial charge in [-0.15, -0.1) is 0 Å². The minimum absolute atomic E-state index is 0.450. The van der Waals surface area contributed by atoms with E-state index in [0.717, 1.165) is 25.9 Å². The topological polar surface area (TPSA) is 58.6 Å². The third kappa shape index (κ3) is 6.70. The van der Waals surface area contributed by atoms with Crippen molar-refractivity contribution in [2.24, 2.45) is 11.8 Å². The first-order valence-electron chi connectivity index (χ1n) is 7.24. The van der Waals surface area contributed by atoms with Gasteiger partial charge in [0.15, 0.2) is 0 Å². The Hall–Kier alpha value is -0.170. The molecule has 1 heterocycles. The van der Waals surface area contributed by atoms with Crippen molar-refractivity contribution < 1.29 is 13.2 Å². The fourth-order valence-corrected chi connectivity index (χ4v) is 3.56. The van der Waals surface area contributed by atoms with Crippen molar-refractivity contribution in [1.29, 1.82) is 0 Å². The Kier molecular flexibility index (Phi) is 7.28. The smallest absolute Gasteiger partial charge is 0.279 e. The summed E-state index contributed by atoms with van der Waals surface area (Å²) < 4.78 is 33.7. The molecule has 0 aromatic rings. The molecule has 1 aliphatic rings. The monoisotopic (exact) mass is 292 g/mol. The van der Waals surface area contributed by atoms with Crippen molar-refractivity contribution in [1.82, 2.24) is 9.03 Å². The van der Waals surface area contributed by atoms with Crippen LogP contribution in [0.15, 0.2) is 0 Å². The second kappa shape index (κ2) is 8.19. The number of rotatable bonds is 8. The number of ether oxygens (including phenoxy) is 1. The molecule has 114 valence electrons. The van der Waals surface area contributed by atoms with Gasteiger partial charge in [-0.1, -0.05) is 20.8 Å². The Balaban J connectivity index is 2.20. The molecule has 0 aromatic heterocycles. The fraction of sp³-hybridized carbons (Fsp3) is 1.00. The summed E-state index contributed by atoms with van der Waals surface area (Å²) in [5.74, 6) is 0.978. The first-order valence-corrected chi connectivity index (χ1v) is 8.68. The Labute approximate surface area is 117 Å². The second-order valence-corrected chi connectivity index (χ2v) is 7.58. The lowest BCUT2D eigenvalue weighted by Gasteiger charge is -2.29. The Morgan fingerprint density at radius 1 is 1.42 bits per heavy atom. The highest BCUT2D eigenvalue weighted by Gasteiger charge is 2.26. The molecule has 6 heteroatoms. The van der Waals surface area contributed by atoms with Crippen LogP contribution in [0.3, 0.4) is 0 Å². The third-order valence-corrected chi connectivity index (χ3v) is 4.74. The van der Waals surface area contributed by atoms with E-state index in [2.05, 4.69) is 25.5 Å². The van der Waals surface area contributed by atoms with E-state index in [9.17, 15) is 8.42 Å². The van der Waals surface area contributed by atoms with Gasteiger partial charge in [0.25, 0.3) is 10.2 Å². The molecule has 19 heavy (non-hydrogen) atoms. The van der Waals surface area contributed by atoms with Crippen LogP contribution < -0.4 is 4.72 Å². The lowest BCUT2D eigenvalue weighted by molar-refractivity contribution is 0.108. The van der Waals surface area contributed by atoms with Crippen molar-refractivity contribution in [3.63, 3.8) is 0 Å². The van der Waals surface area contributed by atoms with Gasteiger partial charge in [0, 0.05) is 32.8 Å². The van der Waals surface area contributed by atoms with E-state index in [-0.39, 0.29) is 0 Å². The van der Waals surface area contributed by atoms with Crippen molar-refractivity contribution in [3.8, 4) is 0 Å². The number of nitrogens with zero attached hydrogens (tertiary/aromatic N) is 1. The van der Waals surface area contributed by atoms with Gasteiger partial charge in [-0.25, -0.2) is 4.72 Å². The molecular formula is C13H28N2O3S. The largest absolute Gasteiger partial charge is 0.381 e. The zero-order valence-corrected chi connectivity index (χ0v) is 13.2. The van der Waals surface area contributed by atoms with E-state index in [4.69, 9.17) is 4.74 Å². The summed E-state index contributed by atoms with van der Waals surface area (Å²) in [7, 11) is -3.29. The minimum atomic E-state index is -3.29. The van der Waals surface area contributed by atoms with Crippen LogP contribution in [0.5, 0.6) is 0 Å². The number of hydrogen-bond donors (Lipinski definition) is 1. The van der Waals surface area contributed by atoms with Crippen LogP contribution in [0.4, 0.5) is 0 Å². The van der Waals surface area contributed by atoms with E-state index in [1.165, 1.54) is 0 Å². The molecule has 1 saturated heterocycles. The zero-order chi connectivity index (χ0) is 14.3. The van der Waals surface area contributed by atoms with Crippen molar-refractivity contribution >= 4 is 10.2 Å². The van der Waals surface area contributed by atoms with Crippen molar-refractivity contribution in [2.75, 3.05) is 32.8 Å². The molecule has 1 atom stereocenters. The lowest BCUT2D eigenvalue weighted by atomic mass is 10.0. The van der Waals surface area contributed by atoms with Gasteiger partial charge in [0.1, 0.15) is 0 Å². The molecular weight excluding hydrogens is 264 g/mol. The SMILES string of the molecule is CC(C)COCCCNS(=O)(=O)N1CCC[C@@H](C)C1. The molecule has 0 radical (unpaired) electrons. The third-order valence-electron chi connectivity index (χ3n) is 3.16. The van der Waals surface area contributed by atoms with Crippen LogP contribution in [0.2, 0.25) is 0 Å². The van der Waals surface area contributed by atoms with Gasteiger partial charge >= 0.3 is 0 Å². The highest BCUT2D eigenvalue weighted by molar-refractivity contribution is 7.87. The molecule has 5 nitrogen and oxygen atoms in total. The Bertz CT molecular complexity index is 344. The maximum Gasteiger partial charge on any atom is 0.279 e. The lowest BCUT2D eigenvalue weighted by Crippen LogP contribution is -2.45. The molecule has 0 amide bonds. The van der Waals surface area contributed by atoms with Gasteiger partial charge in [-0.3, -0.25) is 0 Å². The predicted octanol–water partition coefficient (Wildman–Crippen LogP) is 1.62. The van der Waals surface area contributed by atoms with Crippen LogP contribution in [0.1, 0.15) is 40.0 Å². The summed E-state index contributed by atoms with van der Waals surface area (Å²) in [6.45, 7) is 9.36. The first kappa shape index (κ1) is 16.9. The molecule has 0 saturated carbocycles.